The fourth-order valence-corrected chi connectivity index (χ4v) is 0.792. The summed E-state index contributed by atoms with van der Waals surface area (Å²) in [5.41, 5.74) is 0. The Balaban J connectivity index is 0.000000371. The summed E-state index contributed by atoms with van der Waals surface area (Å²) in [4.78, 5) is 10.5. The Kier molecular flexibility index (Phi) is 4.94. The van der Waals surface area contributed by atoms with Crippen LogP contribution in [0.5, 0.6) is 0 Å². The molecule has 0 saturated carbocycles. The van der Waals surface area contributed by atoms with Crippen LogP contribution in [0, 0.1) is 0 Å². The summed E-state index contributed by atoms with van der Waals surface area (Å²) in [6.45, 7) is 4.51. The minimum Gasteiger partial charge on any atom is -0.286 e. The fraction of sp³-hybridized carbons (Fsp3) is 0.857. The number of hydroxylamine groups is 2. The van der Waals surface area contributed by atoms with Crippen LogP contribution in [0.2, 0.25) is 0 Å². The van der Waals surface area contributed by atoms with E-state index in [4.69, 9.17) is 5.21 Å². The van der Waals surface area contributed by atoms with Gasteiger partial charge in [0.25, 0.3) is 0 Å². The van der Waals surface area contributed by atoms with Gasteiger partial charge in [-0.25, -0.2) is 5.06 Å². The van der Waals surface area contributed by atoms with Gasteiger partial charge in [0.2, 0.25) is 5.91 Å². The van der Waals surface area contributed by atoms with E-state index in [9.17, 15) is 4.79 Å². The molecule has 1 rings (SSSR count). The van der Waals surface area contributed by atoms with Gasteiger partial charge in [-0.05, 0) is 12.8 Å². The molecule has 1 N–H and O–H groups in total. The van der Waals surface area contributed by atoms with Crippen LogP contribution in [0.25, 0.3) is 0 Å². The second-order valence-corrected chi connectivity index (χ2v) is 1.97. The zero-order valence-corrected chi connectivity index (χ0v) is 6.63. The Morgan fingerprint density at radius 2 is 2.00 bits per heavy atom. The van der Waals surface area contributed by atoms with Crippen molar-refractivity contribution >= 4 is 5.91 Å². The standard InChI is InChI=1S/C5H9NO2.C2H6/c7-5-3-1-2-4-6(5)8;1-2/h8H,1-4H2;1-2H3. The topological polar surface area (TPSA) is 40.5 Å². The molecule has 1 amide bonds. The van der Waals surface area contributed by atoms with Crippen molar-refractivity contribution in [3.8, 4) is 0 Å². The Morgan fingerprint density at radius 3 is 2.30 bits per heavy atom. The summed E-state index contributed by atoms with van der Waals surface area (Å²) in [6.07, 6.45) is 2.37. The molecule has 60 valence electrons. The molecule has 0 radical (unpaired) electrons. The van der Waals surface area contributed by atoms with Gasteiger partial charge in [0.15, 0.2) is 0 Å². The first-order chi connectivity index (χ1) is 4.80. The molecule has 1 fully saturated rings. The first-order valence-corrected chi connectivity index (χ1v) is 3.80. The highest BCUT2D eigenvalue weighted by molar-refractivity contribution is 5.75. The van der Waals surface area contributed by atoms with Crippen LogP contribution in [0.3, 0.4) is 0 Å². The number of carbonyl (C=O) groups is 1. The monoisotopic (exact) mass is 145 g/mol. The smallest absolute Gasteiger partial charge is 0.245 e. The third kappa shape index (κ3) is 2.82. The number of hydrogen-bond donors (Lipinski definition) is 1. The maximum atomic E-state index is 10.5. The lowest BCUT2D eigenvalue weighted by Crippen LogP contribution is -2.31. The molecule has 0 unspecified atom stereocenters. The predicted molar refractivity (Wildman–Crippen MR) is 38.7 cm³/mol. The van der Waals surface area contributed by atoms with Gasteiger partial charge in [-0.2, -0.15) is 0 Å². The molecular formula is C7H15NO2. The van der Waals surface area contributed by atoms with Crippen molar-refractivity contribution in [1.82, 2.24) is 5.06 Å². The number of nitrogens with zero attached hydrogens (tertiary/aromatic N) is 1. The molecule has 0 aromatic carbocycles. The van der Waals surface area contributed by atoms with Gasteiger partial charge in [-0.15, -0.1) is 0 Å². The van der Waals surface area contributed by atoms with E-state index in [1.165, 1.54) is 0 Å². The van der Waals surface area contributed by atoms with Crippen molar-refractivity contribution in [2.24, 2.45) is 0 Å². The molecule has 3 nitrogen and oxygen atoms in total. The van der Waals surface area contributed by atoms with Crippen LogP contribution >= 0.6 is 0 Å². The molecular weight excluding hydrogens is 130 g/mol. The molecule has 0 aromatic rings. The van der Waals surface area contributed by atoms with Gasteiger partial charge in [0, 0.05) is 13.0 Å². The number of amides is 1. The molecule has 1 aliphatic rings. The van der Waals surface area contributed by atoms with Crippen LogP contribution < -0.4 is 0 Å². The summed E-state index contributed by atoms with van der Waals surface area (Å²) in [6, 6.07) is 0. The Morgan fingerprint density at radius 1 is 1.40 bits per heavy atom. The van der Waals surface area contributed by atoms with Gasteiger partial charge < -0.3 is 0 Å². The van der Waals surface area contributed by atoms with Crippen LogP contribution in [-0.2, 0) is 4.79 Å². The van der Waals surface area contributed by atoms with Crippen LogP contribution in [0.4, 0.5) is 0 Å². The molecule has 1 saturated heterocycles. The second-order valence-electron chi connectivity index (χ2n) is 1.97. The van der Waals surface area contributed by atoms with Gasteiger partial charge in [0.1, 0.15) is 0 Å². The summed E-state index contributed by atoms with van der Waals surface area (Å²) in [5, 5.41) is 9.46. The lowest BCUT2D eigenvalue weighted by molar-refractivity contribution is -0.169. The van der Waals surface area contributed by atoms with Crippen molar-refractivity contribution < 1.29 is 10.0 Å². The van der Waals surface area contributed by atoms with E-state index in [1.807, 2.05) is 13.8 Å². The molecule has 0 bridgehead atoms. The maximum Gasteiger partial charge on any atom is 0.245 e. The van der Waals surface area contributed by atoms with Gasteiger partial charge in [-0.3, -0.25) is 10.0 Å². The Labute approximate surface area is 61.6 Å². The van der Waals surface area contributed by atoms with Crippen LogP contribution in [0.1, 0.15) is 33.1 Å². The van der Waals surface area contributed by atoms with Crippen molar-refractivity contribution in [3.63, 3.8) is 0 Å². The molecule has 0 spiro atoms. The van der Waals surface area contributed by atoms with Crippen molar-refractivity contribution in [2.75, 3.05) is 6.54 Å². The molecule has 1 heterocycles. The highest BCUT2D eigenvalue weighted by Gasteiger charge is 2.14. The number of hydrogen-bond acceptors (Lipinski definition) is 2. The average molecular weight is 145 g/mol. The molecule has 0 aliphatic carbocycles. The third-order valence-corrected chi connectivity index (χ3v) is 1.30. The van der Waals surface area contributed by atoms with E-state index in [0.717, 1.165) is 17.9 Å². The second kappa shape index (κ2) is 5.23. The number of rotatable bonds is 0. The lowest BCUT2D eigenvalue weighted by atomic mass is 10.2. The van der Waals surface area contributed by atoms with E-state index in [-0.39, 0.29) is 5.91 Å². The quantitative estimate of drug-likeness (QED) is 0.523. The first kappa shape index (κ1) is 9.43. The first-order valence-electron chi connectivity index (χ1n) is 3.80. The normalized spacial score (nSPS) is 17.9. The lowest BCUT2D eigenvalue weighted by Gasteiger charge is -2.18. The summed E-state index contributed by atoms with van der Waals surface area (Å²) >= 11 is 0. The molecule has 10 heavy (non-hydrogen) atoms. The highest BCUT2D eigenvalue weighted by atomic mass is 16.5. The van der Waals surface area contributed by atoms with Crippen molar-refractivity contribution in [3.05, 3.63) is 0 Å². The molecule has 1 aliphatic heterocycles. The predicted octanol–water partition coefficient (Wildman–Crippen LogP) is 1.41. The summed E-state index contributed by atoms with van der Waals surface area (Å²) in [7, 11) is 0. The summed E-state index contributed by atoms with van der Waals surface area (Å²) in [5.74, 6) is -0.142. The average Bonchev–Trinajstić information content (AvgIpc) is 2.00. The van der Waals surface area contributed by atoms with Gasteiger partial charge in [-0.1, -0.05) is 13.8 Å². The molecule has 3 heteroatoms. The van der Waals surface area contributed by atoms with Crippen molar-refractivity contribution in [2.45, 2.75) is 33.1 Å². The number of piperidine rings is 1. The van der Waals surface area contributed by atoms with E-state index in [0.29, 0.717) is 13.0 Å². The van der Waals surface area contributed by atoms with E-state index >= 15 is 0 Å². The van der Waals surface area contributed by atoms with E-state index < -0.39 is 0 Å². The van der Waals surface area contributed by atoms with Crippen LogP contribution in [-0.4, -0.2) is 22.7 Å². The van der Waals surface area contributed by atoms with E-state index in [2.05, 4.69) is 0 Å². The third-order valence-electron chi connectivity index (χ3n) is 1.30. The van der Waals surface area contributed by atoms with Gasteiger partial charge in [0.05, 0.1) is 0 Å². The fourth-order valence-electron chi connectivity index (χ4n) is 0.792. The molecule has 0 aromatic heterocycles. The van der Waals surface area contributed by atoms with Crippen LogP contribution in [0.15, 0.2) is 0 Å². The molecule has 0 atom stereocenters. The minimum absolute atomic E-state index is 0.142. The Bertz CT molecular complexity index is 104. The SMILES string of the molecule is CC.O=C1CCCCN1O. The highest BCUT2D eigenvalue weighted by Crippen LogP contribution is 2.06. The minimum atomic E-state index is -0.142. The zero-order chi connectivity index (χ0) is 7.98. The zero-order valence-electron chi connectivity index (χ0n) is 6.63. The number of carbonyl (C=O) groups excluding carboxylic acids is 1. The summed E-state index contributed by atoms with van der Waals surface area (Å²) < 4.78 is 0. The maximum absolute atomic E-state index is 10.5. The van der Waals surface area contributed by atoms with Crippen molar-refractivity contribution in [1.29, 1.82) is 0 Å². The van der Waals surface area contributed by atoms with Gasteiger partial charge >= 0.3 is 0 Å². The van der Waals surface area contributed by atoms with E-state index in [1.54, 1.807) is 0 Å². The largest absolute Gasteiger partial charge is 0.286 e. The Hall–Kier alpha value is -0.570.